The molecular weight excluding hydrogens is 202 g/mol. The molecule has 0 aromatic heterocycles. The van der Waals surface area contributed by atoms with E-state index in [1.165, 1.54) is 5.56 Å². The van der Waals surface area contributed by atoms with Crippen LogP contribution in [0.4, 0.5) is 0 Å². The first-order chi connectivity index (χ1) is 7.83. The summed E-state index contributed by atoms with van der Waals surface area (Å²) in [6.45, 7) is 4.16. The van der Waals surface area contributed by atoms with Gasteiger partial charge < -0.3 is 15.2 Å². The molecule has 0 bridgehead atoms. The monoisotopic (exact) mass is 221 g/mol. The second-order valence-corrected chi connectivity index (χ2v) is 4.19. The third-order valence-electron chi connectivity index (χ3n) is 2.91. The molecule has 0 amide bonds. The van der Waals surface area contributed by atoms with Gasteiger partial charge in [-0.3, -0.25) is 0 Å². The minimum Gasteiger partial charge on any atom is -0.493 e. The number of hydrogen-bond donors (Lipinski definition) is 1. The van der Waals surface area contributed by atoms with Gasteiger partial charge in [0.05, 0.1) is 13.2 Å². The Morgan fingerprint density at radius 1 is 1.50 bits per heavy atom. The summed E-state index contributed by atoms with van der Waals surface area (Å²) >= 11 is 0. The predicted molar refractivity (Wildman–Crippen MR) is 63.8 cm³/mol. The molecule has 1 heterocycles. The minimum absolute atomic E-state index is 0.0233. The average molecular weight is 221 g/mol. The fourth-order valence-corrected chi connectivity index (χ4v) is 2.02. The topological polar surface area (TPSA) is 44.5 Å². The predicted octanol–water partition coefficient (Wildman–Crippen LogP) is 1.92. The highest BCUT2D eigenvalue weighted by atomic mass is 16.5. The van der Waals surface area contributed by atoms with Crippen molar-refractivity contribution in [3.05, 3.63) is 29.8 Å². The van der Waals surface area contributed by atoms with Crippen LogP contribution >= 0.6 is 0 Å². The Labute approximate surface area is 96.5 Å². The SMILES string of the molecule is CCCOCC(N)C1COc2ccccc21. The van der Waals surface area contributed by atoms with E-state index in [2.05, 4.69) is 13.0 Å². The van der Waals surface area contributed by atoms with Gasteiger partial charge in [0.15, 0.2) is 0 Å². The number of benzene rings is 1. The highest BCUT2D eigenvalue weighted by Gasteiger charge is 2.28. The van der Waals surface area contributed by atoms with E-state index in [-0.39, 0.29) is 12.0 Å². The Balaban J connectivity index is 1.96. The van der Waals surface area contributed by atoms with Gasteiger partial charge in [0, 0.05) is 24.1 Å². The highest BCUT2D eigenvalue weighted by Crippen LogP contribution is 2.34. The number of ether oxygens (including phenoxy) is 2. The maximum atomic E-state index is 6.13. The van der Waals surface area contributed by atoms with E-state index in [0.29, 0.717) is 13.2 Å². The van der Waals surface area contributed by atoms with Crippen molar-refractivity contribution in [3.8, 4) is 5.75 Å². The van der Waals surface area contributed by atoms with Gasteiger partial charge in [-0.2, -0.15) is 0 Å². The minimum atomic E-state index is 0.0233. The Bertz CT molecular complexity index is 340. The molecular formula is C13H19NO2. The first-order valence-corrected chi connectivity index (χ1v) is 5.88. The van der Waals surface area contributed by atoms with Crippen molar-refractivity contribution in [1.29, 1.82) is 0 Å². The van der Waals surface area contributed by atoms with Gasteiger partial charge in [0.25, 0.3) is 0 Å². The van der Waals surface area contributed by atoms with Gasteiger partial charge in [0.1, 0.15) is 5.75 Å². The largest absolute Gasteiger partial charge is 0.493 e. The summed E-state index contributed by atoms with van der Waals surface area (Å²) < 4.78 is 11.1. The zero-order valence-corrected chi connectivity index (χ0v) is 9.69. The first kappa shape index (κ1) is 11.4. The van der Waals surface area contributed by atoms with Crippen LogP contribution in [0.2, 0.25) is 0 Å². The number of nitrogens with two attached hydrogens (primary N) is 1. The van der Waals surface area contributed by atoms with Crippen LogP contribution in [0.15, 0.2) is 24.3 Å². The summed E-state index contributed by atoms with van der Waals surface area (Å²) in [5, 5.41) is 0. The van der Waals surface area contributed by atoms with Crippen LogP contribution in [0.3, 0.4) is 0 Å². The molecule has 16 heavy (non-hydrogen) atoms. The zero-order chi connectivity index (χ0) is 11.4. The Hall–Kier alpha value is -1.06. The fraction of sp³-hybridized carbons (Fsp3) is 0.538. The Morgan fingerprint density at radius 3 is 3.12 bits per heavy atom. The van der Waals surface area contributed by atoms with Crippen molar-refractivity contribution < 1.29 is 9.47 Å². The van der Waals surface area contributed by atoms with E-state index in [9.17, 15) is 0 Å². The summed E-state index contributed by atoms with van der Waals surface area (Å²) in [4.78, 5) is 0. The molecule has 0 radical (unpaired) electrons. The molecule has 0 saturated heterocycles. The highest BCUT2D eigenvalue weighted by molar-refractivity contribution is 5.40. The van der Waals surface area contributed by atoms with E-state index >= 15 is 0 Å². The van der Waals surface area contributed by atoms with Crippen LogP contribution in [-0.4, -0.2) is 25.9 Å². The second kappa shape index (κ2) is 5.32. The first-order valence-electron chi connectivity index (χ1n) is 5.88. The zero-order valence-electron chi connectivity index (χ0n) is 9.69. The van der Waals surface area contributed by atoms with E-state index in [1.54, 1.807) is 0 Å². The van der Waals surface area contributed by atoms with Crippen molar-refractivity contribution in [3.63, 3.8) is 0 Å². The fourth-order valence-electron chi connectivity index (χ4n) is 2.02. The molecule has 1 aromatic carbocycles. The lowest BCUT2D eigenvalue weighted by molar-refractivity contribution is 0.111. The number of rotatable bonds is 5. The summed E-state index contributed by atoms with van der Waals surface area (Å²) in [6, 6.07) is 8.12. The molecule has 0 fully saturated rings. The Kier molecular flexibility index (Phi) is 3.80. The van der Waals surface area contributed by atoms with Crippen LogP contribution in [0.5, 0.6) is 5.75 Å². The second-order valence-electron chi connectivity index (χ2n) is 4.19. The molecule has 0 spiro atoms. The molecule has 1 aliphatic heterocycles. The molecule has 88 valence electrons. The van der Waals surface area contributed by atoms with Gasteiger partial charge in [-0.15, -0.1) is 0 Å². The van der Waals surface area contributed by atoms with Crippen LogP contribution in [0.1, 0.15) is 24.8 Å². The maximum Gasteiger partial charge on any atom is 0.122 e. The van der Waals surface area contributed by atoms with Gasteiger partial charge in [-0.1, -0.05) is 25.1 Å². The normalized spacial score (nSPS) is 20.2. The molecule has 3 nitrogen and oxygen atoms in total. The van der Waals surface area contributed by atoms with Crippen molar-refractivity contribution >= 4 is 0 Å². The smallest absolute Gasteiger partial charge is 0.122 e. The molecule has 2 atom stereocenters. The molecule has 1 aliphatic rings. The molecule has 0 saturated carbocycles. The average Bonchev–Trinajstić information content (AvgIpc) is 2.73. The number of para-hydroxylation sites is 1. The van der Waals surface area contributed by atoms with Crippen molar-refractivity contribution in [2.45, 2.75) is 25.3 Å². The molecule has 2 N–H and O–H groups in total. The summed E-state index contributed by atoms with van der Waals surface area (Å²) in [6.07, 6.45) is 1.03. The van der Waals surface area contributed by atoms with Gasteiger partial charge in [0.2, 0.25) is 0 Å². The Morgan fingerprint density at radius 2 is 2.31 bits per heavy atom. The van der Waals surface area contributed by atoms with Crippen molar-refractivity contribution in [2.75, 3.05) is 19.8 Å². The number of hydrogen-bond acceptors (Lipinski definition) is 3. The third-order valence-corrected chi connectivity index (χ3v) is 2.91. The molecule has 2 rings (SSSR count). The van der Waals surface area contributed by atoms with Crippen LogP contribution in [0, 0.1) is 0 Å². The molecule has 3 heteroatoms. The molecule has 0 aliphatic carbocycles. The van der Waals surface area contributed by atoms with Crippen LogP contribution < -0.4 is 10.5 Å². The lowest BCUT2D eigenvalue weighted by atomic mass is 9.94. The van der Waals surface area contributed by atoms with Gasteiger partial charge >= 0.3 is 0 Å². The standard InChI is InChI=1S/C13H19NO2/c1-2-7-15-9-12(14)11-8-16-13-6-4-3-5-10(11)13/h3-6,11-12H,2,7-9,14H2,1H3. The lowest BCUT2D eigenvalue weighted by Crippen LogP contribution is -2.34. The van der Waals surface area contributed by atoms with Crippen LogP contribution in [-0.2, 0) is 4.74 Å². The lowest BCUT2D eigenvalue weighted by Gasteiger charge is -2.18. The molecule has 1 aromatic rings. The van der Waals surface area contributed by atoms with Gasteiger partial charge in [-0.25, -0.2) is 0 Å². The quantitative estimate of drug-likeness (QED) is 0.772. The summed E-state index contributed by atoms with van der Waals surface area (Å²) in [5.74, 6) is 1.24. The summed E-state index contributed by atoms with van der Waals surface area (Å²) in [5.41, 5.74) is 7.35. The summed E-state index contributed by atoms with van der Waals surface area (Å²) in [7, 11) is 0. The van der Waals surface area contributed by atoms with Crippen molar-refractivity contribution in [1.82, 2.24) is 0 Å². The van der Waals surface area contributed by atoms with E-state index in [1.807, 2.05) is 18.2 Å². The maximum absolute atomic E-state index is 6.13. The number of fused-ring (bicyclic) bond motifs is 1. The third kappa shape index (κ3) is 2.36. The van der Waals surface area contributed by atoms with Crippen molar-refractivity contribution in [2.24, 2.45) is 5.73 Å². The van der Waals surface area contributed by atoms with E-state index in [4.69, 9.17) is 15.2 Å². The molecule has 2 unspecified atom stereocenters. The van der Waals surface area contributed by atoms with Crippen LogP contribution in [0.25, 0.3) is 0 Å². The van der Waals surface area contributed by atoms with E-state index < -0.39 is 0 Å². The van der Waals surface area contributed by atoms with Gasteiger partial charge in [-0.05, 0) is 12.5 Å². The van der Waals surface area contributed by atoms with E-state index in [0.717, 1.165) is 18.8 Å².